The molecule has 0 aliphatic rings. The fraction of sp³-hybridized carbons (Fsp3) is 0.600. The molecule has 96 valence electrons. The number of hydrogen-bond donors (Lipinski definition) is 1. The maximum Gasteiger partial charge on any atom is 0.0787 e. The van der Waals surface area contributed by atoms with Crippen LogP contribution in [0, 0.1) is 5.92 Å². The van der Waals surface area contributed by atoms with E-state index in [1.807, 2.05) is 19.1 Å². The van der Waals surface area contributed by atoms with Crippen molar-refractivity contribution in [2.75, 3.05) is 18.5 Å². The average Bonchev–Trinajstić information content (AvgIpc) is 2.35. The molecule has 2 nitrogen and oxygen atoms in total. The number of hydrogen-bond acceptors (Lipinski definition) is 2. The highest BCUT2D eigenvalue weighted by Crippen LogP contribution is 2.20. The van der Waals surface area contributed by atoms with Gasteiger partial charge in [-0.15, -0.1) is 0 Å². The molecular weight excluding hydrogens is 210 g/mol. The van der Waals surface area contributed by atoms with Crippen molar-refractivity contribution in [1.29, 1.82) is 0 Å². The Morgan fingerprint density at radius 1 is 1.18 bits per heavy atom. The molecule has 0 amide bonds. The van der Waals surface area contributed by atoms with E-state index < -0.39 is 0 Å². The Morgan fingerprint density at radius 2 is 1.76 bits per heavy atom. The second kappa shape index (κ2) is 6.65. The Hall–Kier alpha value is -1.02. The standard InChI is InChI=1S/C15H25NO/c1-5-15(17)13-6-8-14(9-7-13)16(4)11-10-12(2)3/h6-9,12,15,17H,5,10-11H2,1-4H3/t15-/m0/s1. The largest absolute Gasteiger partial charge is 0.388 e. The van der Waals surface area contributed by atoms with E-state index in [0.29, 0.717) is 0 Å². The number of anilines is 1. The van der Waals surface area contributed by atoms with Crippen molar-refractivity contribution in [3.8, 4) is 0 Å². The average molecular weight is 235 g/mol. The van der Waals surface area contributed by atoms with E-state index in [1.54, 1.807) is 0 Å². The van der Waals surface area contributed by atoms with Crippen molar-refractivity contribution < 1.29 is 5.11 Å². The summed E-state index contributed by atoms with van der Waals surface area (Å²) in [6, 6.07) is 8.23. The first kappa shape index (κ1) is 14.0. The van der Waals surface area contributed by atoms with E-state index in [9.17, 15) is 5.11 Å². The van der Waals surface area contributed by atoms with Crippen LogP contribution < -0.4 is 4.90 Å². The smallest absolute Gasteiger partial charge is 0.0787 e. The molecule has 1 aromatic carbocycles. The molecule has 0 saturated carbocycles. The van der Waals surface area contributed by atoms with Gasteiger partial charge in [-0.25, -0.2) is 0 Å². The minimum absolute atomic E-state index is 0.329. The van der Waals surface area contributed by atoms with E-state index in [1.165, 1.54) is 12.1 Å². The first-order valence-electron chi connectivity index (χ1n) is 6.53. The molecule has 0 radical (unpaired) electrons. The van der Waals surface area contributed by atoms with Crippen molar-refractivity contribution in [3.05, 3.63) is 29.8 Å². The SMILES string of the molecule is CC[C@H](O)c1ccc(N(C)CCC(C)C)cc1. The maximum atomic E-state index is 9.72. The number of aliphatic hydroxyl groups is 1. The van der Waals surface area contributed by atoms with Gasteiger partial charge >= 0.3 is 0 Å². The zero-order valence-electron chi connectivity index (χ0n) is 11.5. The fourth-order valence-corrected chi connectivity index (χ4v) is 1.77. The number of aliphatic hydroxyl groups excluding tert-OH is 1. The molecule has 1 rings (SSSR count). The lowest BCUT2D eigenvalue weighted by atomic mass is 10.1. The van der Waals surface area contributed by atoms with Gasteiger partial charge in [0.05, 0.1) is 6.10 Å². The van der Waals surface area contributed by atoms with Gasteiger partial charge in [-0.1, -0.05) is 32.9 Å². The summed E-state index contributed by atoms with van der Waals surface area (Å²) in [7, 11) is 2.12. The van der Waals surface area contributed by atoms with Gasteiger partial charge < -0.3 is 10.0 Å². The first-order chi connectivity index (χ1) is 8.04. The number of rotatable bonds is 6. The molecule has 0 unspecified atom stereocenters. The normalized spacial score (nSPS) is 12.8. The summed E-state index contributed by atoms with van der Waals surface area (Å²) >= 11 is 0. The van der Waals surface area contributed by atoms with E-state index in [-0.39, 0.29) is 6.10 Å². The Bertz CT molecular complexity index is 318. The molecule has 1 N–H and O–H groups in total. The van der Waals surface area contributed by atoms with Crippen LogP contribution >= 0.6 is 0 Å². The number of nitrogens with zero attached hydrogens (tertiary/aromatic N) is 1. The second-order valence-electron chi connectivity index (χ2n) is 5.12. The summed E-state index contributed by atoms with van der Waals surface area (Å²) in [5.41, 5.74) is 2.23. The summed E-state index contributed by atoms with van der Waals surface area (Å²) < 4.78 is 0. The molecule has 1 atom stereocenters. The van der Waals surface area contributed by atoms with Crippen molar-refractivity contribution in [2.24, 2.45) is 5.92 Å². The third kappa shape index (κ3) is 4.39. The van der Waals surface area contributed by atoms with Crippen LogP contribution in [0.3, 0.4) is 0 Å². The number of benzene rings is 1. The lowest BCUT2D eigenvalue weighted by Crippen LogP contribution is -2.19. The Labute approximate surface area is 105 Å². The molecule has 2 heteroatoms. The third-order valence-corrected chi connectivity index (χ3v) is 3.15. The highest BCUT2D eigenvalue weighted by Gasteiger charge is 2.06. The predicted octanol–water partition coefficient (Wildman–Crippen LogP) is 3.61. The summed E-state index contributed by atoms with van der Waals surface area (Å²) in [4.78, 5) is 2.27. The van der Waals surface area contributed by atoms with Crippen molar-refractivity contribution in [1.82, 2.24) is 0 Å². The molecule has 0 spiro atoms. The summed E-state index contributed by atoms with van der Waals surface area (Å²) in [6.45, 7) is 7.56. The maximum absolute atomic E-state index is 9.72. The van der Waals surface area contributed by atoms with Crippen LogP contribution in [0.1, 0.15) is 45.3 Å². The lowest BCUT2D eigenvalue weighted by molar-refractivity contribution is 0.173. The molecular formula is C15H25NO. The molecule has 0 saturated heterocycles. The van der Waals surface area contributed by atoms with Gasteiger partial charge in [0, 0.05) is 19.3 Å². The summed E-state index contributed by atoms with van der Waals surface area (Å²) in [6.07, 6.45) is 1.64. The highest BCUT2D eigenvalue weighted by molar-refractivity contribution is 5.47. The lowest BCUT2D eigenvalue weighted by Gasteiger charge is -2.21. The van der Waals surface area contributed by atoms with Gasteiger partial charge in [0.25, 0.3) is 0 Å². The molecule has 0 aliphatic heterocycles. The van der Waals surface area contributed by atoms with Gasteiger partial charge in [0.2, 0.25) is 0 Å². The zero-order valence-corrected chi connectivity index (χ0v) is 11.5. The Morgan fingerprint density at radius 3 is 2.24 bits per heavy atom. The van der Waals surface area contributed by atoms with Crippen LogP contribution in [0.4, 0.5) is 5.69 Å². The minimum atomic E-state index is -0.329. The van der Waals surface area contributed by atoms with E-state index in [4.69, 9.17) is 0 Å². The van der Waals surface area contributed by atoms with Crippen molar-refractivity contribution in [2.45, 2.75) is 39.7 Å². The molecule has 17 heavy (non-hydrogen) atoms. The van der Waals surface area contributed by atoms with E-state index in [2.05, 4.69) is 37.9 Å². The van der Waals surface area contributed by atoms with E-state index in [0.717, 1.165) is 24.4 Å². The van der Waals surface area contributed by atoms with Gasteiger partial charge in [-0.2, -0.15) is 0 Å². The molecule has 1 aromatic rings. The van der Waals surface area contributed by atoms with Crippen molar-refractivity contribution >= 4 is 5.69 Å². The second-order valence-corrected chi connectivity index (χ2v) is 5.12. The van der Waals surface area contributed by atoms with Crippen LogP contribution in [0.2, 0.25) is 0 Å². The quantitative estimate of drug-likeness (QED) is 0.814. The molecule has 0 aliphatic carbocycles. The summed E-state index contributed by atoms with van der Waals surface area (Å²) in [5.74, 6) is 0.735. The van der Waals surface area contributed by atoms with Crippen LogP contribution in [-0.2, 0) is 0 Å². The molecule has 0 bridgehead atoms. The summed E-state index contributed by atoms with van der Waals surface area (Å²) in [5, 5.41) is 9.72. The van der Waals surface area contributed by atoms with Crippen LogP contribution in [0.25, 0.3) is 0 Å². The van der Waals surface area contributed by atoms with E-state index >= 15 is 0 Å². The topological polar surface area (TPSA) is 23.5 Å². The van der Waals surface area contributed by atoms with Crippen LogP contribution in [-0.4, -0.2) is 18.7 Å². The van der Waals surface area contributed by atoms with Crippen LogP contribution in [0.5, 0.6) is 0 Å². The third-order valence-electron chi connectivity index (χ3n) is 3.15. The molecule has 0 aromatic heterocycles. The molecule has 0 heterocycles. The predicted molar refractivity (Wildman–Crippen MR) is 74.4 cm³/mol. The molecule has 0 fully saturated rings. The van der Waals surface area contributed by atoms with Gasteiger partial charge in [0.1, 0.15) is 0 Å². The Kier molecular flexibility index (Phi) is 5.49. The highest BCUT2D eigenvalue weighted by atomic mass is 16.3. The minimum Gasteiger partial charge on any atom is -0.388 e. The van der Waals surface area contributed by atoms with Crippen LogP contribution in [0.15, 0.2) is 24.3 Å². The Balaban J connectivity index is 2.60. The van der Waals surface area contributed by atoms with Crippen molar-refractivity contribution in [3.63, 3.8) is 0 Å². The fourth-order valence-electron chi connectivity index (χ4n) is 1.77. The zero-order chi connectivity index (χ0) is 12.8. The first-order valence-corrected chi connectivity index (χ1v) is 6.53. The van der Waals surface area contributed by atoms with Gasteiger partial charge in [0.15, 0.2) is 0 Å². The van der Waals surface area contributed by atoms with Gasteiger partial charge in [-0.3, -0.25) is 0 Å². The monoisotopic (exact) mass is 235 g/mol. The van der Waals surface area contributed by atoms with Gasteiger partial charge in [-0.05, 0) is 36.5 Å².